The standard InChI is InChI=1S/C18H26N2O5/c1-4-24-17(22)15(10-13(2)3)20-16(21)11-19-18(23)25-12-14-8-6-5-7-9-14/h5-9,13,15H,4,10-12H2,1-3H3,(H,19,23)(H,20,21)/t15-/m0/s1. The largest absolute Gasteiger partial charge is 0.464 e. The first-order valence-corrected chi connectivity index (χ1v) is 8.32. The maximum absolute atomic E-state index is 11.9. The van der Waals surface area contributed by atoms with E-state index in [0.29, 0.717) is 6.42 Å². The first-order valence-electron chi connectivity index (χ1n) is 8.32. The molecule has 7 heteroatoms. The second-order valence-corrected chi connectivity index (χ2v) is 5.92. The molecule has 0 saturated heterocycles. The molecule has 0 spiro atoms. The lowest BCUT2D eigenvalue weighted by atomic mass is 10.0. The summed E-state index contributed by atoms with van der Waals surface area (Å²) in [5.74, 6) is -0.745. The topological polar surface area (TPSA) is 93.7 Å². The molecular formula is C18H26N2O5. The van der Waals surface area contributed by atoms with Crippen LogP contribution in [0.15, 0.2) is 30.3 Å². The Hall–Kier alpha value is -2.57. The van der Waals surface area contributed by atoms with Crippen molar-refractivity contribution in [1.29, 1.82) is 0 Å². The Labute approximate surface area is 148 Å². The van der Waals surface area contributed by atoms with E-state index in [-0.39, 0.29) is 25.7 Å². The van der Waals surface area contributed by atoms with Crippen LogP contribution in [-0.2, 0) is 25.7 Å². The molecule has 0 unspecified atom stereocenters. The molecule has 1 atom stereocenters. The van der Waals surface area contributed by atoms with Gasteiger partial charge in [0.1, 0.15) is 19.2 Å². The highest BCUT2D eigenvalue weighted by Gasteiger charge is 2.23. The Morgan fingerprint density at radius 2 is 1.76 bits per heavy atom. The van der Waals surface area contributed by atoms with Gasteiger partial charge in [0.2, 0.25) is 5.91 Å². The molecular weight excluding hydrogens is 324 g/mol. The van der Waals surface area contributed by atoms with Gasteiger partial charge in [-0.25, -0.2) is 9.59 Å². The molecule has 1 rings (SSSR count). The third-order valence-corrected chi connectivity index (χ3v) is 3.22. The van der Waals surface area contributed by atoms with Gasteiger partial charge < -0.3 is 20.1 Å². The predicted molar refractivity (Wildman–Crippen MR) is 92.6 cm³/mol. The highest BCUT2D eigenvalue weighted by atomic mass is 16.5. The molecule has 2 N–H and O–H groups in total. The van der Waals surface area contributed by atoms with E-state index in [1.54, 1.807) is 6.92 Å². The lowest BCUT2D eigenvalue weighted by molar-refractivity contribution is -0.147. The first kappa shape index (κ1) is 20.5. The molecule has 0 aromatic heterocycles. The molecule has 0 aliphatic carbocycles. The zero-order chi connectivity index (χ0) is 18.7. The highest BCUT2D eigenvalue weighted by Crippen LogP contribution is 2.06. The van der Waals surface area contributed by atoms with Gasteiger partial charge in [-0.1, -0.05) is 44.2 Å². The van der Waals surface area contributed by atoms with Gasteiger partial charge in [0.25, 0.3) is 0 Å². The van der Waals surface area contributed by atoms with Gasteiger partial charge in [0.15, 0.2) is 0 Å². The zero-order valence-electron chi connectivity index (χ0n) is 14.9. The number of carbonyl (C=O) groups is 3. The Morgan fingerprint density at radius 3 is 2.36 bits per heavy atom. The van der Waals surface area contributed by atoms with Crippen molar-refractivity contribution in [2.75, 3.05) is 13.2 Å². The smallest absolute Gasteiger partial charge is 0.407 e. The monoisotopic (exact) mass is 350 g/mol. The first-order chi connectivity index (χ1) is 11.9. The number of benzene rings is 1. The van der Waals surface area contributed by atoms with Gasteiger partial charge in [0.05, 0.1) is 6.61 Å². The molecule has 2 amide bonds. The summed E-state index contributed by atoms with van der Waals surface area (Å²) in [6.07, 6.45) is -0.237. The number of esters is 1. The fourth-order valence-electron chi connectivity index (χ4n) is 2.10. The van der Waals surface area contributed by atoms with E-state index >= 15 is 0 Å². The van der Waals surface area contributed by atoms with Gasteiger partial charge in [-0.3, -0.25) is 4.79 Å². The molecule has 7 nitrogen and oxygen atoms in total. The second kappa shape index (κ2) is 11.1. The summed E-state index contributed by atoms with van der Waals surface area (Å²) in [7, 11) is 0. The second-order valence-electron chi connectivity index (χ2n) is 5.92. The number of hydrogen-bond donors (Lipinski definition) is 2. The lowest BCUT2D eigenvalue weighted by Crippen LogP contribution is -2.46. The maximum Gasteiger partial charge on any atom is 0.407 e. The van der Waals surface area contributed by atoms with Crippen LogP contribution in [0.5, 0.6) is 0 Å². The van der Waals surface area contributed by atoms with Crippen LogP contribution in [0.2, 0.25) is 0 Å². The number of nitrogens with one attached hydrogen (secondary N) is 2. The normalized spacial score (nSPS) is 11.5. The molecule has 25 heavy (non-hydrogen) atoms. The summed E-state index contributed by atoms with van der Waals surface area (Å²) in [6, 6.07) is 8.48. The van der Waals surface area contributed by atoms with Crippen molar-refractivity contribution in [2.24, 2.45) is 5.92 Å². The van der Waals surface area contributed by atoms with E-state index in [1.807, 2.05) is 44.2 Å². The summed E-state index contributed by atoms with van der Waals surface area (Å²) in [4.78, 5) is 35.4. The van der Waals surface area contributed by atoms with E-state index in [4.69, 9.17) is 9.47 Å². The van der Waals surface area contributed by atoms with Crippen LogP contribution < -0.4 is 10.6 Å². The Kier molecular flexibility index (Phi) is 9.06. The van der Waals surface area contributed by atoms with E-state index in [0.717, 1.165) is 5.56 Å². The van der Waals surface area contributed by atoms with Crippen LogP contribution in [0.1, 0.15) is 32.8 Å². The number of amides is 2. The minimum Gasteiger partial charge on any atom is -0.464 e. The molecule has 0 bridgehead atoms. The van der Waals surface area contributed by atoms with Crippen LogP contribution in [0, 0.1) is 5.92 Å². The fraction of sp³-hybridized carbons (Fsp3) is 0.500. The van der Waals surface area contributed by atoms with Gasteiger partial charge in [-0.2, -0.15) is 0 Å². The third kappa shape index (κ3) is 8.74. The summed E-state index contributed by atoms with van der Waals surface area (Å²) >= 11 is 0. The van der Waals surface area contributed by atoms with E-state index in [9.17, 15) is 14.4 Å². The van der Waals surface area contributed by atoms with Gasteiger partial charge >= 0.3 is 12.1 Å². The van der Waals surface area contributed by atoms with Crippen molar-refractivity contribution < 1.29 is 23.9 Å². The van der Waals surface area contributed by atoms with E-state index in [2.05, 4.69) is 10.6 Å². The molecule has 0 heterocycles. The van der Waals surface area contributed by atoms with Crippen molar-refractivity contribution in [1.82, 2.24) is 10.6 Å². The SMILES string of the molecule is CCOC(=O)[C@H](CC(C)C)NC(=O)CNC(=O)OCc1ccccc1. The zero-order valence-corrected chi connectivity index (χ0v) is 14.9. The van der Waals surface area contributed by atoms with Crippen LogP contribution in [-0.4, -0.2) is 37.2 Å². The molecule has 1 aromatic rings. The fourth-order valence-corrected chi connectivity index (χ4v) is 2.10. The minimum absolute atomic E-state index is 0.118. The summed E-state index contributed by atoms with van der Waals surface area (Å²) in [5, 5.41) is 4.94. The molecule has 0 radical (unpaired) electrons. The van der Waals surface area contributed by atoms with Crippen molar-refractivity contribution in [3.05, 3.63) is 35.9 Å². The number of rotatable bonds is 9. The number of alkyl carbamates (subject to hydrolysis) is 1. The maximum atomic E-state index is 11.9. The van der Waals surface area contributed by atoms with E-state index < -0.39 is 24.0 Å². The molecule has 138 valence electrons. The quantitative estimate of drug-likeness (QED) is 0.665. The molecule has 0 aliphatic rings. The van der Waals surface area contributed by atoms with Crippen LogP contribution in [0.4, 0.5) is 4.79 Å². The average molecular weight is 350 g/mol. The highest BCUT2D eigenvalue weighted by molar-refractivity contribution is 5.87. The molecule has 0 saturated carbocycles. The third-order valence-electron chi connectivity index (χ3n) is 3.22. The van der Waals surface area contributed by atoms with Gasteiger partial charge in [-0.05, 0) is 24.8 Å². The predicted octanol–water partition coefficient (Wildman–Crippen LogP) is 2.01. The number of carbonyl (C=O) groups excluding carboxylic acids is 3. The van der Waals surface area contributed by atoms with Crippen LogP contribution in [0.25, 0.3) is 0 Å². The Balaban J connectivity index is 2.37. The molecule has 0 aliphatic heterocycles. The van der Waals surface area contributed by atoms with Crippen molar-refractivity contribution in [3.63, 3.8) is 0 Å². The van der Waals surface area contributed by atoms with Crippen molar-refractivity contribution in [3.8, 4) is 0 Å². The number of hydrogen-bond acceptors (Lipinski definition) is 5. The Bertz CT molecular complexity index is 560. The summed E-state index contributed by atoms with van der Waals surface area (Å²) < 4.78 is 9.97. The molecule has 1 aromatic carbocycles. The minimum atomic E-state index is -0.727. The summed E-state index contributed by atoms with van der Waals surface area (Å²) in [6.45, 7) is 5.67. The Morgan fingerprint density at radius 1 is 1.08 bits per heavy atom. The van der Waals surface area contributed by atoms with Gasteiger partial charge in [-0.15, -0.1) is 0 Å². The van der Waals surface area contributed by atoms with Crippen molar-refractivity contribution in [2.45, 2.75) is 39.8 Å². The van der Waals surface area contributed by atoms with Crippen molar-refractivity contribution >= 4 is 18.0 Å². The van der Waals surface area contributed by atoms with Gasteiger partial charge in [0, 0.05) is 0 Å². The lowest BCUT2D eigenvalue weighted by Gasteiger charge is -2.19. The average Bonchev–Trinajstić information content (AvgIpc) is 2.58. The summed E-state index contributed by atoms with van der Waals surface area (Å²) in [5.41, 5.74) is 0.849. The molecule has 0 fully saturated rings. The van der Waals surface area contributed by atoms with E-state index in [1.165, 1.54) is 0 Å². The van der Waals surface area contributed by atoms with Crippen LogP contribution >= 0.6 is 0 Å². The van der Waals surface area contributed by atoms with Crippen LogP contribution in [0.3, 0.4) is 0 Å². The number of ether oxygens (including phenoxy) is 2.